The first kappa shape index (κ1) is 20.4. The van der Waals surface area contributed by atoms with Gasteiger partial charge in [-0.05, 0) is 17.7 Å². The van der Waals surface area contributed by atoms with Gasteiger partial charge in [0.05, 0.1) is 5.75 Å². The van der Waals surface area contributed by atoms with Crippen LogP contribution in [0.1, 0.15) is 21.7 Å². The predicted molar refractivity (Wildman–Crippen MR) is 110 cm³/mol. The molecule has 2 aromatic carbocycles. The first-order valence-electron chi connectivity index (χ1n) is 8.62. The molecule has 0 atom stereocenters. The number of carbonyl (C=O) groups is 1. The third kappa shape index (κ3) is 5.14. The number of nitrogens with one attached hydrogen (secondary N) is 1. The van der Waals surface area contributed by atoms with E-state index in [1.807, 2.05) is 0 Å². The lowest BCUT2D eigenvalue weighted by Crippen LogP contribution is -2.26. The Kier molecular flexibility index (Phi) is 6.41. The van der Waals surface area contributed by atoms with Crippen LogP contribution in [0.4, 0.5) is 4.39 Å². The van der Waals surface area contributed by atoms with Crippen LogP contribution in [0.5, 0.6) is 0 Å². The number of benzene rings is 2. The number of carbonyl (C=O) groups excluding carboxylic acids is 1. The molecule has 5 nitrogen and oxygen atoms in total. The van der Waals surface area contributed by atoms with Gasteiger partial charge in [-0.15, -0.1) is 0 Å². The van der Waals surface area contributed by atoms with E-state index in [0.29, 0.717) is 40.1 Å². The lowest BCUT2D eigenvalue weighted by atomic mass is 10.1. The van der Waals surface area contributed by atoms with E-state index in [1.165, 1.54) is 17.8 Å². The number of fused-ring (bicyclic) bond motifs is 1. The highest BCUT2D eigenvalue weighted by atomic mass is 32.2. The Morgan fingerprint density at radius 2 is 1.86 bits per heavy atom. The van der Waals surface area contributed by atoms with Gasteiger partial charge >= 0.3 is 0 Å². The second-order valence-electron chi connectivity index (χ2n) is 6.38. The molecule has 0 aliphatic rings. The molecule has 0 spiro atoms. The van der Waals surface area contributed by atoms with E-state index >= 15 is 0 Å². The third-order valence-electron chi connectivity index (χ3n) is 4.06. The minimum atomic E-state index is -3.34. The maximum Gasteiger partial charge on any atom is 0.287 e. The van der Waals surface area contributed by atoms with E-state index in [2.05, 4.69) is 5.32 Å². The van der Waals surface area contributed by atoms with Crippen molar-refractivity contribution < 1.29 is 22.0 Å². The van der Waals surface area contributed by atoms with E-state index < -0.39 is 15.7 Å². The molecule has 3 aromatic rings. The molecular formula is C20H20FNO4S2. The van der Waals surface area contributed by atoms with Gasteiger partial charge in [0.2, 0.25) is 0 Å². The summed E-state index contributed by atoms with van der Waals surface area (Å²) in [7, 11) is -3.34. The average molecular weight is 422 g/mol. The molecule has 0 bridgehead atoms. The van der Waals surface area contributed by atoms with Crippen molar-refractivity contribution in [3.8, 4) is 0 Å². The Morgan fingerprint density at radius 1 is 1.14 bits per heavy atom. The standard InChI is InChI=1S/C20H20FNO4S2/c1-28(24,25)13-16-15-7-3-5-9-18(15)26-19(16)20(23)22-10-11-27-12-14-6-2-4-8-17(14)21/h2-9H,10-13H2,1H3,(H,22,23). The zero-order valence-electron chi connectivity index (χ0n) is 15.3. The van der Waals surface area contributed by atoms with Crippen LogP contribution in [0.15, 0.2) is 52.9 Å². The first-order chi connectivity index (χ1) is 13.3. The molecule has 3 rings (SSSR count). The zero-order chi connectivity index (χ0) is 20.1. The lowest BCUT2D eigenvalue weighted by molar-refractivity contribution is 0.0929. The van der Waals surface area contributed by atoms with Gasteiger partial charge in [-0.3, -0.25) is 4.79 Å². The fourth-order valence-electron chi connectivity index (χ4n) is 2.80. The van der Waals surface area contributed by atoms with Gasteiger partial charge < -0.3 is 9.73 Å². The maximum atomic E-state index is 13.6. The van der Waals surface area contributed by atoms with Gasteiger partial charge in [0.25, 0.3) is 5.91 Å². The first-order valence-corrected chi connectivity index (χ1v) is 11.8. The third-order valence-corrected chi connectivity index (χ3v) is 5.88. The minimum Gasteiger partial charge on any atom is -0.451 e. The monoisotopic (exact) mass is 421 g/mol. The minimum absolute atomic E-state index is 0.0192. The normalized spacial score (nSPS) is 11.6. The average Bonchev–Trinajstić information content (AvgIpc) is 3.00. The Balaban J connectivity index is 1.63. The van der Waals surface area contributed by atoms with E-state index in [0.717, 1.165) is 6.26 Å². The Bertz CT molecular complexity index is 1090. The molecule has 0 unspecified atom stereocenters. The van der Waals surface area contributed by atoms with Crippen LogP contribution in [0.2, 0.25) is 0 Å². The van der Waals surface area contributed by atoms with Gasteiger partial charge in [0.15, 0.2) is 15.6 Å². The van der Waals surface area contributed by atoms with Crippen LogP contribution in [0.3, 0.4) is 0 Å². The molecule has 1 heterocycles. The van der Waals surface area contributed by atoms with Crippen LogP contribution in [0.25, 0.3) is 11.0 Å². The SMILES string of the molecule is CS(=O)(=O)Cc1c(C(=O)NCCSCc2ccccc2F)oc2ccccc12. The number of sulfone groups is 1. The largest absolute Gasteiger partial charge is 0.451 e. The highest BCUT2D eigenvalue weighted by Gasteiger charge is 2.23. The lowest BCUT2D eigenvalue weighted by Gasteiger charge is -2.06. The Hall–Kier alpha value is -2.32. The van der Waals surface area contributed by atoms with Crippen molar-refractivity contribution in [2.45, 2.75) is 11.5 Å². The van der Waals surface area contributed by atoms with E-state index in [9.17, 15) is 17.6 Å². The summed E-state index contributed by atoms with van der Waals surface area (Å²) in [4.78, 5) is 12.5. The fraction of sp³-hybridized carbons (Fsp3) is 0.250. The number of furan rings is 1. The number of rotatable bonds is 8. The Morgan fingerprint density at radius 3 is 2.61 bits per heavy atom. The van der Waals surface area contributed by atoms with Crippen molar-refractivity contribution in [2.24, 2.45) is 0 Å². The molecule has 148 valence electrons. The number of hydrogen-bond acceptors (Lipinski definition) is 5. The molecule has 28 heavy (non-hydrogen) atoms. The fourth-order valence-corrected chi connectivity index (χ4v) is 4.46. The van der Waals surface area contributed by atoms with Gasteiger partial charge in [-0.25, -0.2) is 12.8 Å². The molecule has 1 aromatic heterocycles. The number of hydrogen-bond donors (Lipinski definition) is 1. The van der Waals surface area contributed by atoms with Gasteiger partial charge in [-0.1, -0.05) is 36.4 Å². The van der Waals surface area contributed by atoms with E-state index in [-0.39, 0.29) is 17.3 Å². The number of para-hydroxylation sites is 1. The molecule has 0 aliphatic carbocycles. The number of thioether (sulfide) groups is 1. The predicted octanol–water partition coefficient (Wildman–Crippen LogP) is 3.78. The van der Waals surface area contributed by atoms with Crippen molar-refractivity contribution in [1.82, 2.24) is 5.32 Å². The molecule has 1 amide bonds. The zero-order valence-corrected chi connectivity index (χ0v) is 16.9. The summed E-state index contributed by atoms with van der Waals surface area (Å²) in [6, 6.07) is 13.5. The summed E-state index contributed by atoms with van der Waals surface area (Å²) < 4.78 is 42.7. The molecule has 0 aliphatic heterocycles. The van der Waals surface area contributed by atoms with Crippen LogP contribution < -0.4 is 5.32 Å². The summed E-state index contributed by atoms with van der Waals surface area (Å²) in [5.41, 5.74) is 1.46. The highest BCUT2D eigenvalue weighted by Crippen LogP contribution is 2.27. The molecule has 0 saturated heterocycles. The van der Waals surface area contributed by atoms with Gasteiger partial charge in [0, 0.05) is 35.3 Å². The van der Waals surface area contributed by atoms with Crippen molar-refractivity contribution >= 4 is 38.5 Å². The van der Waals surface area contributed by atoms with Crippen LogP contribution >= 0.6 is 11.8 Å². The molecule has 0 saturated carbocycles. The number of halogens is 1. The molecule has 1 N–H and O–H groups in total. The quantitative estimate of drug-likeness (QED) is 0.560. The van der Waals surface area contributed by atoms with Crippen molar-refractivity contribution in [2.75, 3.05) is 18.6 Å². The van der Waals surface area contributed by atoms with Crippen molar-refractivity contribution in [3.63, 3.8) is 0 Å². The second kappa shape index (κ2) is 8.79. The van der Waals surface area contributed by atoms with Crippen molar-refractivity contribution in [3.05, 3.63) is 71.2 Å². The summed E-state index contributed by atoms with van der Waals surface area (Å²) in [5, 5.41) is 3.36. The summed E-state index contributed by atoms with van der Waals surface area (Å²) >= 11 is 1.50. The second-order valence-corrected chi connectivity index (χ2v) is 9.62. The molecule has 0 fully saturated rings. The summed E-state index contributed by atoms with van der Waals surface area (Å²) in [6.45, 7) is 0.354. The topological polar surface area (TPSA) is 76.4 Å². The Labute approximate surface area is 167 Å². The molecule has 8 heteroatoms. The highest BCUT2D eigenvalue weighted by molar-refractivity contribution is 7.98. The van der Waals surface area contributed by atoms with E-state index in [1.54, 1.807) is 42.5 Å². The van der Waals surface area contributed by atoms with E-state index in [4.69, 9.17) is 4.42 Å². The van der Waals surface area contributed by atoms with Crippen molar-refractivity contribution in [1.29, 1.82) is 0 Å². The maximum absolute atomic E-state index is 13.6. The summed E-state index contributed by atoms with van der Waals surface area (Å²) in [5.74, 6) is 0.141. The van der Waals surface area contributed by atoms with Crippen LogP contribution in [0, 0.1) is 5.82 Å². The van der Waals surface area contributed by atoms with Crippen LogP contribution in [-0.2, 0) is 21.3 Å². The van der Waals surface area contributed by atoms with Gasteiger partial charge in [0.1, 0.15) is 11.4 Å². The molecule has 0 radical (unpaired) electrons. The molecular weight excluding hydrogens is 401 g/mol. The van der Waals surface area contributed by atoms with Crippen LogP contribution in [-0.4, -0.2) is 32.9 Å². The smallest absolute Gasteiger partial charge is 0.287 e. The summed E-state index contributed by atoms with van der Waals surface area (Å²) in [6.07, 6.45) is 1.12. The number of amides is 1. The van der Waals surface area contributed by atoms with Gasteiger partial charge in [-0.2, -0.15) is 11.8 Å².